The Kier molecular flexibility index (Phi) is 6.33. The number of nitrogens with zero attached hydrogens (tertiary/aromatic N) is 1. The van der Waals surface area contributed by atoms with Crippen LogP contribution in [0.5, 0.6) is 0 Å². The van der Waals surface area contributed by atoms with Gasteiger partial charge in [0.15, 0.2) is 10.9 Å². The van der Waals surface area contributed by atoms with Gasteiger partial charge in [-0.1, -0.05) is 45.7 Å². The smallest absolute Gasteiger partial charge is 0.197 e. The topological polar surface area (TPSA) is 69.0 Å². The standard InChI is InChI=1S/C30H33N3O2/c1-4-7-13-33(14-8-5-2)20-15-19(6-3)28-24(16-20)30(35)23-17-26-22(18-27(23)32-28)29(34)21-11-9-10-12-25(21)31-26/h9-12,15-18H,4-8,13-14H2,1-3H3,(H,31,34)(H,32,35). The van der Waals surface area contributed by atoms with Gasteiger partial charge in [-0.3, -0.25) is 9.59 Å². The number of benzene rings is 3. The van der Waals surface area contributed by atoms with E-state index in [0.717, 1.165) is 67.5 Å². The summed E-state index contributed by atoms with van der Waals surface area (Å²) < 4.78 is 0. The summed E-state index contributed by atoms with van der Waals surface area (Å²) in [5, 5.41) is 2.56. The molecular formula is C30H33N3O2. The predicted octanol–water partition coefficient (Wildman–Crippen LogP) is 6.65. The molecule has 2 N–H and O–H groups in total. The van der Waals surface area contributed by atoms with Gasteiger partial charge < -0.3 is 14.9 Å². The van der Waals surface area contributed by atoms with E-state index in [9.17, 15) is 9.59 Å². The molecule has 0 atom stereocenters. The van der Waals surface area contributed by atoms with E-state index in [1.165, 1.54) is 0 Å². The van der Waals surface area contributed by atoms with Crippen molar-refractivity contribution in [2.24, 2.45) is 0 Å². The minimum absolute atomic E-state index is 0.00661. The normalized spacial score (nSPS) is 11.7. The molecule has 5 heteroatoms. The molecule has 0 radical (unpaired) electrons. The molecule has 5 nitrogen and oxygen atoms in total. The Bertz CT molecular complexity index is 1650. The molecule has 2 aromatic heterocycles. The summed E-state index contributed by atoms with van der Waals surface area (Å²) in [5.41, 5.74) is 5.27. The van der Waals surface area contributed by atoms with E-state index in [0.29, 0.717) is 32.6 Å². The maximum atomic E-state index is 13.8. The zero-order chi connectivity index (χ0) is 24.5. The van der Waals surface area contributed by atoms with Gasteiger partial charge in [-0.2, -0.15) is 0 Å². The number of pyridine rings is 2. The Labute approximate surface area is 204 Å². The number of hydrogen-bond acceptors (Lipinski definition) is 3. The summed E-state index contributed by atoms with van der Waals surface area (Å²) in [6, 6.07) is 15.5. The van der Waals surface area contributed by atoms with Crippen LogP contribution in [-0.2, 0) is 6.42 Å². The van der Waals surface area contributed by atoms with Gasteiger partial charge in [0, 0.05) is 45.8 Å². The summed E-state index contributed by atoms with van der Waals surface area (Å²) in [4.78, 5) is 36.3. The van der Waals surface area contributed by atoms with Crippen molar-refractivity contribution < 1.29 is 0 Å². The molecule has 0 aliphatic heterocycles. The van der Waals surface area contributed by atoms with Gasteiger partial charge in [-0.15, -0.1) is 0 Å². The monoisotopic (exact) mass is 467 g/mol. The van der Waals surface area contributed by atoms with Crippen LogP contribution in [0, 0.1) is 0 Å². The molecule has 0 amide bonds. The van der Waals surface area contributed by atoms with Crippen molar-refractivity contribution in [2.45, 2.75) is 52.9 Å². The second-order valence-corrected chi connectivity index (χ2v) is 9.47. The van der Waals surface area contributed by atoms with E-state index in [1.807, 2.05) is 36.4 Å². The van der Waals surface area contributed by atoms with Crippen LogP contribution in [-0.4, -0.2) is 23.1 Å². The second-order valence-electron chi connectivity index (χ2n) is 9.47. The fraction of sp³-hybridized carbons (Fsp3) is 0.333. The van der Waals surface area contributed by atoms with Crippen molar-refractivity contribution in [2.75, 3.05) is 18.0 Å². The Morgan fingerprint density at radius 2 is 1.31 bits per heavy atom. The first-order valence-corrected chi connectivity index (χ1v) is 12.9. The predicted molar refractivity (Wildman–Crippen MR) is 149 cm³/mol. The number of unbranched alkanes of at least 4 members (excludes halogenated alkanes) is 2. The van der Waals surface area contributed by atoms with Crippen LogP contribution < -0.4 is 15.8 Å². The van der Waals surface area contributed by atoms with Crippen molar-refractivity contribution in [1.82, 2.24) is 9.97 Å². The van der Waals surface area contributed by atoms with Crippen LogP contribution in [0.25, 0.3) is 43.6 Å². The molecule has 5 aromatic rings. The molecule has 180 valence electrons. The first kappa shape index (κ1) is 23.2. The third-order valence-electron chi connectivity index (χ3n) is 7.11. The Balaban J connectivity index is 1.77. The molecule has 0 unspecified atom stereocenters. The molecule has 3 aromatic carbocycles. The molecule has 0 aliphatic carbocycles. The number of nitrogens with one attached hydrogen (secondary N) is 2. The van der Waals surface area contributed by atoms with Crippen LogP contribution >= 0.6 is 0 Å². The molecule has 2 heterocycles. The van der Waals surface area contributed by atoms with Crippen molar-refractivity contribution in [1.29, 1.82) is 0 Å². The summed E-state index contributed by atoms with van der Waals surface area (Å²) in [6.07, 6.45) is 5.36. The molecule has 35 heavy (non-hydrogen) atoms. The number of para-hydroxylation sites is 1. The fourth-order valence-electron chi connectivity index (χ4n) is 5.08. The lowest BCUT2D eigenvalue weighted by Gasteiger charge is -2.26. The maximum absolute atomic E-state index is 13.8. The lowest BCUT2D eigenvalue weighted by molar-refractivity contribution is 0.678. The Morgan fingerprint density at radius 1 is 0.686 bits per heavy atom. The average molecular weight is 468 g/mol. The molecule has 0 saturated heterocycles. The highest BCUT2D eigenvalue weighted by atomic mass is 16.1. The van der Waals surface area contributed by atoms with Gasteiger partial charge in [0.1, 0.15) is 0 Å². The lowest BCUT2D eigenvalue weighted by atomic mass is 10.0. The van der Waals surface area contributed by atoms with Crippen molar-refractivity contribution >= 4 is 49.3 Å². The number of hydrogen-bond donors (Lipinski definition) is 2. The number of H-pyrrole nitrogens is 2. The summed E-state index contributed by atoms with van der Waals surface area (Å²) in [6.45, 7) is 8.54. The van der Waals surface area contributed by atoms with Gasteiger partial charge in [0.25, 0.3) is 0 Å². The third-order valence-corrected chi connectivity index (χ3v) is 7.11. The van der Waals surface area contributed by atoms with E-state index < -0.39 is 0 Å². The van der Waals surface area contributed by atoms with E-state index in [4.69, 9.17) is 0 Å². The van der Waals surface area contributed by atoms with Crippen LogP contribution in [0.1, 0.15) is 52.0 Å². The lowest BCUT2D eigenvalue weighted by Crippen LogP contribution is -2.26. The number of aryl methyl sites for hydroxylation is 1. The van der Waals surface area contributed by atoms with E-state index in [-0.39, 0.29) is 10.9 Å². The quantitative estimate of drug-likeness (QED) is 0.251. The van der Waals surface area contributed by atoms with Gasteiger partial charge >= 0.3 is 0 Å². The molecule has 0 aliphatic rings. The first-order chi connectivity index (χ1) is 17.0. The van der Waals surface area contributed by atoms with Crippen LogP contribution in [0.15, 0.2) is 58.1 Å². The SMILES string of the molecule is CCCCN(CCCC)c1cc(CC)c2[nH]c3cc4c(=O)c5ccccc5[nH]c4cc3c(=O)c2c1. The number of aromatic amines is 2. The van der Waals surface area contributed by atoms with Gasteiger partial charge in [0.05, 0.1) is 16.6 Å². The number of rotatable bonds is 8. The Morgan fingerprint density at radius 3 is 1.97 bits per heavy atom. The van der Waals surface area contributed by atoms with E-state index >= 15 is 0 Å². The van der Waals surface area contributed by atoms with Gasteiger partial charge in [-0.25, -0.2) is 0 Å². The average Bonchev–Trinajstić information content (AvgIpc) is 2.88. The van der Waals surface area contributed by atoms with Crippen molar-refractivity contribution in [3.05, 3.63) is 74.5 Å². The summed E-state index contributed by atoms with van der Waals surface area (Å²) in [7, 11) is 0. The van der Waals surface area contributed by atoms with Crippen LogP contribution in [0.4, 0.5) is 5.69 Å². The molecule has 0 bridgehead atoms. The second kappa shape index (κ2) is 9.57. The molecule has 0 saturated carbocycles. The molecular weight excluding hydrogens is 434 g/mol. The summed E-state index contributed by atoms with van der Waals surface area (Å²) >= 11 is 0. The number of aromatic nitrogens is 2. The van der Waals surface area contributed by atoms with E-state index in [1.54, 1.807) is 0 Å². The zero-order valence-corrected chi connectivity index (χ0v) is 20.8. The Hall–Kier alpha value is -3.60. The molecule has 0 spiro atoms. The first-order valence-electron chi connectivity index (χ1n) is 12.9. The minimum Gasteiger partial charge on any atom is -0.372 e. The van der Waals surface area contributed by atoms with Crippen LogP contribution in [0.3, 0.4) is 0 Å². The molecule has 0 fully saturated rings. The van der Waals surface area contributed by atoms with Gasteiger partial charge in [0.2, 0.25) is 0 Å². The van der Waals surface area contributed by atoms with E-state index in [2.05, 4.69) is 47.8 Å². The minimum atomic E-state index is -0.0225. The zero-order valence-electron chi connectivity index (χ0n) is 20.8. The number of anilines is 1. The van der Waals surface area contributed by atoms with Crippen molar-refractivity contribution in [3.63, 3.8) is 0 Å². The fourth-order valence-corrected chi connectivity index (χ4v) is 5.08. The summed E-state index contributed by atoms with van der Waals surface area (Å²) in [5.74, 6) is 0. The highest BCUT2D eigenvalue weighted by molar-refractivity contribution is 6.03. The van der Waals surface area contributed by atoms with Gasteiger partial charge in [-0.05, 0) is 61.2 Å². The number of fused-ring (bicyclic) bond motifs is 4. The highest BCUT2D eigenvalue weighted by Crippen LogP contribution is 2.28. The van der Waals surface area contributed by atoms with Crippen LogP contribution in [0.2, 0.25) is 0 Å². The highest BCUT2D eigenvalue weighted by Gasteiger charge is 2.15. The maximum Gasteiger partial charge on any atom is 0.197 e. The van der Waals surface area contributed by atoms with Crippen molar-refractivity contribution in [3.8, 4) is 0 Å². The third kappa shape index (κ3) is 4.09. The largest absolute Gasteiger partial charge is 0.372 e. The molecule has 5 rings (SSSR count).